The van der Waals surface area contributed by atoms with Crippen molar-refractivity contribution in [1.29, 1.82) is 0 Å². The van der Waals surface area contributed by atoms with Crippen LogP contribution in [0, 0.1) is 0 Å². The molecule has 0 unspecified atom stereocenters. The SMILES string of the molecule is C=CCOC(=O)N1C[C@H](O[Si](C)(C)C(C)(C)C)C[C@H]1Cc1ccnn1C. The van der Waals surface area contributed by atoms with Gasteiger partial charge in [0.15, 0.2) is 8.32 Å². The maximum Gasteiger partial charge on any atom is 0.410 e. The van der Waals surface area contributed by atoms with Crippen LogP contribution in [0.5, 0.6) is 0 Å². The van der Waals surface area contributed by atoms with E-state index in [0.717, 1.165) is 18.5 Å². The van der Waals surface area contributed by atoms with E-state index in [1.807, 2.05) is 22.7 Å². The summed E-state index contributed by atoms with van der Waals surface area (Å²) in [5, 5.41) is 4.37. The molecule has 0 bridgehead atoms. The van der Waals surface area contributed by atoms with Gasteiger partial charge < -0.3 is 14.1 Å². The van der Waals surface area contributed by atoms with Crippen LogP contribution in [0.4, 0.5) is 4.79 Å². The van der Waals surface area contributed by atoms with Gasteiger partial charge in [0.1, 0.15) is 6.61 Å². The molecule has 1 amide bonds. The molecular weight excluding hydrogens is 346 g/mol. The lowest BCUT2D eigenvalue weighted by Crippen LogP contribution is -2.44. The van der Waals surface area contributed by atoms with Gasteiger partial charge in [-0.15, -0.1) is 0 Å². The van der Waals surface area contributed by atoms with Crippen molar-refractivity contribution in [3.8, 4) is 0 Å². The number of aryl methyl sites for hydroxylation is 1. The molecule has 1 aromatic rings. The van der Waals surface area contributed by atoms with E-state index in [1.54, 1.807) is 12.3 Å². The number of hydrogen-bond acceptors (Lipinski definition) is 4. The van der Waals surface area contributed by atoms with E-state index in [0.29, 0.717) is 6.54 Å². The molecule has 146 valence electrons. The third kappa shape index (κ3) is 4.76. The summed E-state index contributed by atoms with van der Waals surface area (Å²) in [6.45, 7) is 15.6. The molecule has 0 saturated carbocycles. The van der Waals surface area contributed by atoms with Crippen molar-refractivity contribution in [1.82, 2.24) is 14.7 Å². The molecule has 2 heterocycles. The van der Waals surface area contributed by atoms with Gasteiger partial charge in [0, 0.05) is 37.9 Å². The topological polar surface area (TPSA) is 56.6 Å². The number of rotatable bonds is 6. The predicted octanol–water partition coefficient (Wildman–Crippen LogP) is 3.75. The quantitative estimate of drug-likeness (QED) is 0.558. The molecule has 1 fully saturated rings. The molecular formula is C19H33N3O3Si. The number of ether oxygens (including phenoxy) is 1. The second-order valence-electron chi connectivity index (χ2n) is 8.56. The van der Waals surface area contributed by atoms with Crippen LogP contribution >= 0.6 is 0 Å². The molecule has 1 aliphatic heterocycles. The highest BCUT2D eigenvalue weighted by molar-refractivity contribution is 6.74. The Morgan fingerprint density at radius 1 is 1.46 bits per heavy atom. The third-order valence-corrected chi connectivity index (χ3v) is 10.1. The summed E-state index contributed by atoms with van der Waals surface area (Å²) in [4.78, 5) is 14.3. The van der Waals surface area contributed by atoms with E-state index in [2.05, 4.69) is 45.5 Å². The molecule has 1 aromatic heterocycles. The molecule has 2 atom stereocenters. The molecule has 0 aliphatic carbocycles. The van der Waals surface area contributed by atoms with Gasteiger partial charge in [0.2, 0.25) is 0 Å². The first kappa shape index (κ1) is 20.7. The van der Waals surface area contributed by atoms with Crippen molar-refractivity contribution < 1.29 is 14.0 Å². The third-order valence-electron chi connectivity index (χ3n) is 5.57. The minimum Gasteiger partial charge on any atom is -0.445 e. The molecule has 0 radical (unpaired) electrons. The number of carbonyl (C=O) groups is 1. The summed E-state index contributed by atoms with van der Waals surface area (Å²) in [6.07, 6.45) is 4.70. The first-order valence-electron chi connectivity index (χ1n) is 9.24. The Bertz CT molecular complexity index is 636. The molecule has 26 heavy (non-hydrogen) atoms. The van der Waals surface area contributed by atoms with Crippen LogP contribution in [-0.4, -0.2) is 54.4 Å². The Balaban J connectivity index is 2.13. The summed E-state index contributed by atoms with van der Waals surface area (Å²) in [5.74, 6) is 0. The van der Waals surface area contributed by atoms with Gasteiger partial charge in [-0.05, 0) is 30.6 Å². The summed E-state index contributed by atoms with van der Waals surface area (Å²) < 4.78 is 13.7. The van der Waals surface area contributed by atoms with Gasteiger partial charge in [-0.25, -0.2) is 4.79 Å². The molecule has 7 heteroatoms. The molecule has 2 rings (SSSR count). The Morgan fingerprint density at radius 2 is 2.15 bits per heavy atom. The average Bonchev–Trinajstić information content (AvgIpc) is 3.10. The first-order valence-corrected chi connectivity index (χ1v) is 12.1. The summed E-state index contributed by atoms with van der Waals surface area (Å²) in [5.41, 5.74) is 1.10. The van der Waals surface area contributed by atoms with Crippen molar-refractivity contribution in [2.75, 3.05) is 13.2 Å². The van der Waals surface area contributed by atoms with Crippen molar-refractivity contribution in [3.63, 3.8) is 0 Å². The predicted molar refractivity (Wildman–Crippen MR) is 106 cm³/mol. The van der Waals surface area contributed by atoms with Gasteiger partial charge >= 0.3 is 6.09 Å². The minimum atomic E-state index is -1.89. The fraction of sp³-hybridized carbons (Fsp3) is 0.684. The number of nitrogens with zero attached hydrogens (tertiary/aromatic N) is 3. The second-order valence-corrected chi connectivity index (χ2v) is 13.3. The van der Waals surface area contributed by atoms with Crippen LogP contribution in [0.1, 0.15) is 32.9 Å². The Kier molecular flexibility index (Phi) is 6.34. The van der Waals surface area contributed by atoms with Crippen LogP contribution in [-0.2, 0) is 22.6 Å². The van der Waals surface area contributed by atoms with Gasteiger partial charge in [-0.2, -0.15) is 5.10 Å². The van der Waals surface area contributed by atoms with E-state index in [4.69, 9.17) is 9.16 Å². The van der Waals surface area contributed by atoms with Crippen LogP contribution < -0.4 is 0 Å². The zero-order valence-electron chi connectivity index (χ0n) is 17.0. The lowest BCUT2D eigenvalue weighted by Gasteiger charge is -2.38. The molecule has 0 N–H and O–H groups in total. The Morgan fingerprint density at radius 3 is 2.69 bits per heavy atom. The molecule has 1 saturated heterocycles. The number of hydrogen-bond donors (Lipinski definition) is 0. The summed E-state index contributed by atoms with van der Waals surface area (Å²) in [7, 11) is 0.0332. The van der Waals surface area contributed by atoms with E-state index in [-0.39, 0.29) is 29.9 Å². The maximum absolute atomic E-state index is 12.5. The number of aromatic nitrogens is 2. The molecule has 0 aromatic carbocycles. The van der Waals surface area contributed by atoms with Gasteiger partial charge in [0.05, 0.1) is 6.10 Å². The van der Waals surface area contributed by atoms with E-state index >= 15 is 0 Å². The molecule has 6 nitrogen and oxygen atoms in total. The van der Waals surface area contributed by atoms with Crippen LogP contribution in [0.15, 0.2) is 24.9 Å². The zero-order chi connectivity index (χ0) is 19.5. The van der Waals surface area contributed by atoms with E-state index in [1.165, 1.54) is 0 Å². The molecule has 0 spiro atoms. The lowest BCUT2D eigenvalue weighted by atomic mass is 10.1. The van der Waals surface area contributed by atoms with E-state index in [9.17, 15) is 4.79 Å². The summed E-state index contributed by atoms with van der Waals surface area (Å²) >= 11 is 0. The lowest BCUT2D eigenvalue weighted by molar-refractivity contribution is 0.103. The zero-order valence-corrected chi connectivity index (χ0v) is 18.0. The van der Waals surface area contributed by atoms with Crippen molar-refractivity contribution in [2.45, 2.75) is 63.9 Å². The van der Waals surface area contributed by atoms with Crippen molar-refractivity contribution >= 4 is 14.4 Å². The highest BCUT2D eigenvalue weighted by atomic mass is 28.4. The normalized spacial score (nSPS) is 21.1. The second kappa shape index (κ2) is 7.96. The van der Waals surface area contributed by atoms with Crippen LogP contribution in [0.3, 0.4) is 0 Å². The smallest absolute Gasteiger partial charge is 0.410 e. The first-order chi connectivity index (χ1) is 12.0. The highest BCUT2D eigenvalue weighted by Gasteiger charge is 2.44. The standard InChI is InChI=1S/C19H33N3O3Si/c1-8-11-24-18(23)22-14-17(25-26(6,7)19(2,3)4)13-16(22)12-15-9-10-20-21(15)5/h8-10,16-17H,1,11-14H2,2-7H3/t16-,17-/m1/s1. The Labute approximate surface area is 158 Å². The number of amides is 1. The maximum atomic E-state index is 12.5. The monoisotopic (exact) mass is 379 g/mol. The fourth-order valence-corrected chi connectivity index (χ4v) is 4.38. The number of carbonyl (C=O) groups excluding carboxylic acids is 1. The Hall–Kier alpha value is -1.60. The van der Waals surface area contributed by atoms with Gasteiger partial charge in [0.25, 0.3) is 0 Å². The minimum absolute atomic E-state index is 0.0467. The van der Waals surface area contributed by atoms with Crippen molar-refractivity contribution in [3.05, 3.63) is 30.6 Å². The van der Waals surface area contributed by atoms with Crippen molar-refractivity contribution in [2.24, 2.45) is 7.05 Å². The summed E-state index contributed by atoms with van der Waals surface area (Å²) in [6, 6.07) is 2.05. The fourth-order valence-electron chi connectivity index (χ4n) is 3.03. The van der Waals surface area contributed by atoms with Gasteiger partial charge in [-0.1, -0.05) is 33.4 Å². The molecule has 1 aliphatic rings. The number of likely N-dealkylation sites (tertiary alicyclic amines) is 1. The van der Waals surface area contributed by atoms with Crippen LogP contribution in [0.25, 0.3) is 0 Å². The van der Waals surface area contributed by atoms with Crippen LogP contribution in [0.2, 0.25) is 18.1 Å². The largest absolute Gasteiger partial charge is 0.445 e. The van der Waals surface area contributed by atoms with Gasteiger partial charge in [-0.3, -0.25) is 4.68 Å². The average molecular weight is 380 g/mol. The van der Waals surface area contributed by atoms with E-state index < -0.39 is 8.32 Å². The highest BCUT2D eigenvalue weighted by Crippen LogP contribution is 2.39.